The molecule has 1 fully saturated rings. The number of hydrogen-bond acceptors (Lipinski definition) is 4. The van der Waals surface area contributed by atoms with Gasteiger partial charge < -0.3 is 19.1 Å². The van der Waals surface area contributed by atoms with Crippen molar-refractivity contribution in [1.82, 2.24) is 4.90 Å². The molecular weight excluding hydrogens is 306 g/mol. The molecule has 0 bridgehead atoms. The maximum atomic E-state index is 12.1. The lowest BCUT2D eigenvalue weighted by Gasteiger charge is -2.25. The fourth-order valence-electron chi connectivity index (χ4n) is 2.75. The summed E-state index contributed by atoms with van der Waals surface area (Å²) < 4.78 is 16.6. The zero-order valence-corrected chi connectivity index (χ0v) is 14.6. The van der Waals surface area contributed by atoms with Crippen molar-refractivity contribution in [3.8, 4) is 5.75 Å². The average molecular weight is 333 g/mol. The van der Waals surface area contributed by atoms with Crippen LogP contribution in [0.15, 0.2) is 30.9 Å². The molecule has 1 aliphatic heterocycles. The lowest BCUT2D eigenvalue weighted by molar-refractivity contribution is -0.128. The Balaban J connectivity index is 1.92. The molecule has 2 rings (SSSR count). The molecule has 0 aromatic heterocycles. The van der Waals surface area contributed by atoms with Gasteiger partial charge in [-0.2, -0.15) is 0 Å². The summed E-state index contributed by atoms with van der Waals surface area (Å²) in [4.78, 5) is 13.9. The maximum Gasteiger partial charge on any atom is 0.246 e. The van der Waals surface area contributed by atoms with Gasteiger partial charge in [-0.05, 0) is 43.0 Å². The molecule has 5 nitrogen and oxygen atoms in total. The van der Waals surface area contributed by atoms with Gasteiger partial charge in [0.25, 0.3) is 0 Å². The Morgan fingerprint density at radius 2 is 2.17 bits per heavy atom. The van der Waals surface area contributed by atoms with E-state index in [-0.39, 0.29) is 12.0 Å². The summed E-state index contributed by atoms with van der Waals surface area (Å²) in [6, 6.07) is 5.99. The van der Waals surface area contributed by atoms with Crippen LogP contribution < -0.4 is 4.74 Å². The third-order valence-electron chi connectivity index (χ3n) is 4.22. The second kappa shape index (κ2) is 9.45. The van der Waals surface area contributed by atoms with E-state index in [1.807, 2.05) is 25.1 Å². The number of ether oxygens (including phenoxy) is 3. The van der Waals surface area contributed by atoms with Gasteiger partial charge in [-0.25, -0.2) is 0 Å². The molecule has 0 aliphatic carbocycles. The van der Waals surface area contributed by atoms with Crippen molar-refractivity contribution >= 4 is 5.91 Å². The van der Waals surface area contributed by atoms with Crippen LogP contribution in [0, 0.1) is 6.92 Å². The van der Waals surface area contributed by atoms with Crippen LogP contribution in [0.1, 0.15) is 24.0 Å². The Labute approximate surface area is 144 Å². The standard InChI is InChI=1S/C19H27NO4/c1-4-19(21)20(9-12-24-17-7-10-23-11-8-17)14-16-6-5-15(2)18(13-16)22-3/h4-6,13,17H,1,7-12,14H2,2-3H3. The monoisotopic (exact) mass is 333 g/mol. The molecule has 5 heteroatoms. The SMILES string of the molecule is C=CC(=O)N(CCOC1CCOCC1)Cc1ccc(C)c(OC)c1. The third kappa shape index (κ3) is 5.35. The van der Waals surface area contributed by atoms with E-state index in [1.54, 1.807) is 12.0 Å². The van der Waals surface area contributed by atoms with Crippen LogP contribution in [0.3, 0.4) is 0 Å². The van der Waals surface area contributed by atoms with Crippen molar-refractivity contribution in [3.05, 3.63) is 42.0 Å². The highest BCUT2D eigenvalue weighted by molar-refractivity contribution is 5.86. The minimum atomic E-state index is -0.0925. The van der Waals surface area contributed by atoms with Crippen molar-refractivity contribution in [1.29, 1.82) is 0 Å². The molecule has 0 radical (unpaired) electrons. The van der Waals surface area contributed by atoms with Crippen LogP contribution in [-0.4, -0.2) is 50.4 Å². The number of hydrogen-bond donors (Lipinski definition) is 0. The first-order valence-electron chi connectivity index (χ1n) is 8.38. The summed E-state index contributed by atoms with van der Waals surface area (Å²) >= 11 is 0. The van der Waals surface area contributed by atoms with Gasteiger partial charge in [0, 0.05) is 26.3 Å². The summed E-state index contributed by atoms with van der Waals surface area (Å²) in [5, 5.41) is 0. The second-order valence-electron chi connectivity index (χ2n) is 5.95. The molecule has 1 heterocycles. The van der Waals surface area contributed by atoms with Crippen molar-refractivity contribution in [3.63, 3.8) is 0 Å². The lowest BCUT2D eigenvalue weighted by Crippen LogP contribution is -2.34. The number of nitrogens with zero attached hydrogens (tertiary/aromatic N) is 1. The summed E-state index contributed by atoms with van der Waals surface area (Å²) in [5.74, 6) is 0.738. The molecule has 24 heavy (non-hydrogen) atoms. The molecular formula is C19H27NO4. The van der Waals surface area contributed by atoms with Gasteiger partial charge in [0.2, 0.25) is 5.91 Å². The zero-order valence-electron chi connectivity index (χ0n) is 14.6. The molecule has 0 unspecified atom stereocenters. The Morgan fingerprint density at radius 1 is 1.42 bits per heavy atom. The summed E-state index contributed by atoms with van der Waals surface area (Å²) in [6.07, 6.45) is 3.42. The van der Waals surface area contributed by atoms with Crippen molar-refractivity contribution in [2.45, 2.75) is 32.4 Å². The molecule has 0 saturated carbocycles. The molecule has 1 saturated heterocycles. The molecule has 1 aromatic rings. The van der Waals surface area contributed by atoms with E-state index in [0.29, 0.717) is 19.7 Å². The molecule has 1 aromatic carbocycles. The van der Waals surface area contributed by atoms with Crippen LogP contribution in [0.25, 0.3) is 0 Å². The van der Waals surface area contributed by atoms with Gasteiger partial charge in [-0.15, -0.1) is 0 Å². The van der Waals surface area contributed by atoms with Crippen molar-refractivity contribution in [2.75, 3.05) is 33.5 Å². The number of aryl methyl sites for hydroxylation is 1. The first-order chi connectivity index (χ1) is 11.6. The van der Waals surface area contributed by atoms with Gasteiger partial charge in [-0.3, -0.25) is 4.79 Å². The minimum absolute atomic E-state index is 0.0925. The number of rotatable bonds is 8. The van der Waals surface area contributed by atoms with E-state index in [1.165, 1.54) is 6.08 Å². The highest BCUT2D eigenvalue weighted by Gasteiger charge is 2.16. The fraction of sp³-hybridized carbons (Fsp3) is 0.526. The Morgan fingerprint density at radius 3 is 2.83 bits per heavy atom. The normalized spacial score (nSPS) is 15.1. The largest absolute Gasteiger partial charge is 0.496 e. The van der Waals surface area contributed by atoms with E-state index >= 15 is 0 Å². The Hall–Kier alpha value is -1.85. The minimum Gasteiger partial charge on any atom is -0.496 e. The van der Waals surface area contributed by atoms with Crippen LogP contribution in [0.4, 0.5) is 0 Å². The maximum absolute atomic E-state index is 12.1. The molecule has 0 atom stereocenters. The van der Waals surface area contributed by atoms with Crippen LogP contribution in [0.5, 0.6) is 5.75 Å². The van der Waals surface area contributed by atoms with E-state index in [2.05, 4.69) is 6.58 Å². The van der Waals surface area contributed by atoms with Gasteiger partial charge in [0.05, 0.1) is 19.8 Å². The highest BCUT2D eigenvalue weighted by atomic mass is 16.5. The van der Waals surface area contributed by atoms with Crippen molar-refractivity contribution < 1.29 is 19.0 Å². The number of amides is 1. The average Bonchev–Trinajstić information content (AvgIpc) is 2.62. The summed E-state index contributed by atoms with van der Waals surface area (Å²) in [5.41, 5.74) is 2.10. The van der Waals surface area contributed by atoms with Crippen LogP contribution in [0.2, 0.25) is 0 Å². The number of carbonyl (C=O) groups is 1. The van der Waals surface area contributed by atoms with E-state index < -0.39 is 0 Å². The zero-order chi connectivity index (χ0) is 17.4. The third-order valence-corrected chi connectivity index (χ3v) is 4.22. The van der Waals surface area contributed by atoms with E-state index in [4.69, 9.17) is 14.2 Å². The predicted octanol–water partition coefficient (Wildman–Crippen LogP) is 2.71. The van der Waals surface area contributed by atoms with E-state index in [0.717, 1.165) is 42.9 Å². The predicted molar refractivity (Wildman–Crippen MR) is 93.1 cm³/mol. The highest BCUT2D eigenvalue weighted by Crippen LogP contribution is 2.20. The first-order valence-corrected chi connectivity index (χ1v) is 8.38. The number of benzene rings is 1. The van der Waals surface area contributed by atoms with Gasteiger partial charge >= 0.3 is 0 Å². The van der Waals surface area contributed by atoms with Gasteiger partial charge in [-0.1, -0.05) is 18.7 Å². The number of methoxy groups -OCH3 is 1. The molecule has 132 valence electrons. The second-order valence-corrected chi connectivity index (χ2v) is 5.95. The Kier molecular flexibility index (Phi) is 7.28. The molecule has 0 spiro atoms. The quantitative estimate of drug-likeness (QED) is 0.686. The van der Waals surface area contributed by atoms with Crippen LogP contribution in [-0.2, 0) is 20.8 Å². The summed E-state index contributed by atoms with van der Waals surface area (Å²) in [7, 11) is 1.65. The fourth-order valence-corrected chi connectivity index (χ4v) is 2.75. The summed E-state index contributed by atoms with van der Waals surface area (Å²) in [6.45, 7) is 8.67. The lowest BCUT2D eigenvalue weighted by atomic mass is 10.1. The van der Waals surface area contributed by atoms with Gasteiger partial charge in [0.15, 0.2) is 0 Å². The molecule has 1 amide bonds. The molecule has 0 N–H and O–H groups in total. The topological polar surface area (TPSA) is 48.0 Å². The Bertz CT molecular complexity index is 552. The smallest absolute Gasteiger partial charge is 0.246 e. The first kappa shape index (κ1) is 18.5. The van der Waals surface area contributed by atoms with Gasteiger partial charge in [0.1, 0.15) is 5.75 Å². The van der Waals surface area contributed by atoms with Crippen molar-refractivity contribution in [2.24, 2.45) is 0 Å². The van der Waals surface area contributed by atoms with Crippen LogP contribution >= 0.6 is 0 Å². The number of carbonyl (C=O) groups excluding carboxylic acids is 1. The molecule has 1 aliphatic rings. The van der Waals surface area contributed by atoms with E-state index in [9.17, 15) is 4.79 Å².